The Morgan fingerprint density at radius 2 is 1.30 bits per heavy atom. The summed E-state index contributed by atoms with van der Waals surface area (Å²) < 4.78 is 119. The molecule has 1 heterocycles. The zero-order valence-corrected chi connectivity index (χ0v) is 13.9. The van der Waals surface area contributed by atoms with Crippen LogP contribution in [0, 0.1) is 0 Å². The fourth-order valence-corrected chi connectivity index (χ4v) is 2.78. The summed E-state index contributed by atoms with van der Waals surface area (Å²) in [5.74, 6) is 0. The summed E-state index contributed by atoms with van der Waals surface area (Å²) >= 11 is 0. The van der Waals surface area contributed by atoms with Crippen LogP contribution in [-0.4, -0.2) is 24.3 Å². The predicted molar refractivity (Wildman–Crippen MR) is 79.4 cm³/mol. The number of halogens is 9. The highest BCUT2D eigenvalue weighted by Crippen LogP contribution is 2.45. The van der Waals surface area contributed by atoms with Gasteiger partial charge in [-0.1, -0.05) is 12.7 Å². The van der Waals surface area contributed by atoms with E-state index in [4.69, 9.17) is 0 Å². The lowest BCUT2D eigenvalue weighted by atomic mass is 10.1. The molecule has 1 aromatic rings. The summed E-state index contributed by atoms with van der Waals surface area (Å²) in [5, 5.41) is 1.20. The monoisotopic (exact) mass is 404 g/mol. The van der Waals surface area contributed by atoms with Crippen LogP contribution in [0.4, 0.5) is 45.2 Å². The molecule has 0 aliphatic carbocycles. The van der Waals surface area contributed by atoms with Gasteiger partial charge in [0.25, 0.3) is 0 Å². The molecule has 0 spiro atoms. The molecule has 0 bridgehead atoms. The second kappa shape index (κ2) is 6.47. The van der Waals surface area contributed by atoms with E-state index in [-0.39, 0.29) is 23.8 Å². The highest BCUT2D eigenvalue weighted by molar-refractivity contribution is 5.61. The molecule has 150 valence electrons. The van der Waals surface area contributed by atoms with Crippen LogP contribution in [0.2, 0.25) is 0 Å². The van der Waals surface area contributed by atoms with Crippen LogP contribution in [0.15, 0.2) is 42.1 Å². The minimum Gasteiger partial charge on any atom is -0.269 e. The minimum atomic E-state index is -5.18. The number of likely N-dealkylation sites (N-methyl/N-ethyl adjacent to an activating group) is 1. The van der Waals surface area contributed by atoms with Gasteiger partial charge in [-0.2, -0.15) is 39.5 Å². The Morgan fingerprint density at radius 1 is 0.852 bits per heavy atom. The normalized spacial score (nSPS) is 19.8. The second-order valence-corrected chi connectivity index (χ2v) is 5.83. The molecule has 0 fully saturated rings. The van der Waals surface area contributed by atoms with Crippen LogP contribution >= 0.6 is 0 Å². The van der Waals surface area contributed by atoms with Gasteiger partial charge >= 0.3 is 18.5 Å². The molecule has 1 atom stereocenters. The van der Waals surface area contributed by atoms with Crippen molar-refractivity contribution in [1.82, 2.24) is 5.01 Å². The molecule has 27 heavy (non-hydrogen) atoms. The van der Waals surface area contributed by atoms with Crippen LogP contribution < -0.4 is 5.01 Å². The van der Waals surface area contributed by atoms with Crippen molar-refractivity contribution in [3.8, 4) is 0 Å². The van der Waals surface area contributed by atoms with Crippen molar-refractivity contribution in [3.05, 3.63) is 53.3 Å². The minimum absolute atomic E-state index is 0.144. The molecule has 2 nitrogen and oxygen atoms in total. The van der Waals surface area contributed by atoms with E-state index in [0.29, 0.717) is 5.01 Å². The lowest BCUT2D eigenvalue weighted by Crippen LogP contribution is -2.41. The molecule has 1 aromatic carbocycles. The largest absolute Gasteiger partial charge is 0.433 e. The Morgan fingerprint density at radius 3 is 1.63 bits per heavy atom. The Balaban J connectivity index is 2.79. The Bertz CT molecular complexity index is 739. The number of nitrogens with zero attached hydrogens (tertiary/aromatic N) is 2. The molecule has 0 radical (unpaired) electrons. The van der Waals surface area contributed by atoms with Gasteiger partial charge in [0, 0.05) is 12.6 Å². The maximum atomic E-state index is 13.5. The average molecular weight is 404 g/mol. The summed E-state index contributed by atoms with van der Waals surface area (Å²) in [6.07, 6.45) is -14.5. The number of hydrogen-bond acceptors (Lipinski definition) is 2. The zero-order chi connectivity index (χ0) is 20.9. The summed E-state index contributed by atoms with van der Waals surface area (Å²) in [4.78, 5) is 0. The maximum Gasteiger partial charge on any atom is 0.433 e. The van der Waals surface area contributed by atoms with E-state index in [0.717, 1.165) is 18.1 Å². The zero-order valence-electron chi connectivity index (χ0n) is 13.9. The second-order valence-electron chi connectivity index (χ2n) is 5.83. The van der Waals surface area contributed by atoms with Gasteiger partial charge in [0.2, 0.25) is 0 Å². The quantitative estimate of drug-likeness (QED) is 0.577. The van der Waals surface area contributed by atoms with Crippen molar-refractivity contribution in [2.45, 2.75) is 31.5 Å². The van der Waals surface area contributed by atoms with Gasteiger partial charge < -0.3 is 0 Å². The molecule has 1 aliphatic heterocycles. The number of benzene rings is 1. The van der Waals surface area contributed by atoms with Gasteiger partial charge in [0.15, 0.2) is 0 Å². The first-order valence-electron chi connectivity index (χ1n) is 7.35. The molecular formula is C16H13F9N2. The van der Waals surface area contributed by atoms with Gasteiger partial charge in [-0.25, -0.2) is 5.01 Å². The van der Waals surface area contributed by atoms with E-state index in [9.17, 15) is 39.5 Å². The molecule has 0 amide bonds. The number of hydrogen-bond donors (Lipinski definition) is 0. The average Bonchev–Trinajstić information content (AvgIpc) is 2.76. The first-order valence-corrected chi connectivity index (χ1v) is 7.35. The number of hydrazine groups is 1. The van der Waals surface area contributed by atoms with E-state index < -0.39 is 47.1 Å². The lowest BCUT2D eigenvalue weighted by Gasteiger charge is -2.33. The van der Waals surface area contributed by atoms with Crippen LogP contribution in [0.5, 0.6) is 0 Å². The van der Waals surface area contributed by atoms with E-state index in [1.165, 1.54) is 6.92 Å². The molecule has 0 aromatic heterocycles. The first kappa shape index (κ1) is 21.1. The summed E-state index contributed by atoms with van der Waals surface area (Å²) in [5.41, 5.74) is -6.07. The maximum absolute atomic E-state index is 13.5. The molecular weight excluding hydrogens is 391 g/mol. The number of anilines is 1. The van der Waals surface area contributed by atoms with Gasteiger partial charge in [-0.15, -0.1) is 0 Å². The van der Waals surface area contributed by atoms with Crippen molar-refractivity contribution >= 4 is 5.69 Å². The standard InChI is InChI=1S/C16H13F9N2/c1-4-12-8(2)26(3)27(13(12)16(23,24)25)11-6-9(14(17,18)19)5-10(7-11)15(20,21)22/h4-8H,1H2,2-3H3. The fourth-order valence-electron chi connectivity index (χ4n) is 2.78. The van der Waals surface area contributed by atoms with Gasteiger partial charge in [-0.3, -0.25) is 5.01 Å². The highest BCUT2D eigenvalue weighted by atomic mass is 19.4. The van der Waals surface area contributed by atoms with Crippen molar-refractivity contribution in [2.75, 3.05) is 12.1 Å². The van der Waals surface area contributed by atoms with Crippen molar-refractivity contribution in [1.29, 1.82) is 0 Å². The Hall–Kier alpha value is -2.17. The number of rotatable bonds is 2. The molecule has 11 heteroatoms. The summed E-state index contributed by atoms with van der Waals surface area (Å²) in [7, 11) is 1.13. The molecule has 0 saturated heterocycles. The van der Waals surface area contributed by atoms with Crippen LogP contribution in [0.3, 0.4) is 0 Å². The fraction of sp³-hybridized carbons (Fsp3) is 0.375. The third kappa shape index (κ3) is 3.92. The molecule has 2 rings (SSSR count). The number of allylic oxidation sites excluding steroid dienone is 1. The molecule has 1 aliphatic rings. The SMILES string of the molecule is C=CC1=C(C(F)(F)F)N(c2cc(C(F)(F)F)cc(C(F)(F)F)c2)N(C)C1C. The Labute approximate surface area is 148 Å². The van der Waals surface area contributed by atoms with Crippen molar-refractivity contribution in [3.63, 3.8) is 0 Å². The third-order valence-corrected chi connectivity index (χ3v) is 4.12. The molecule has 0 N–H and O–H groups in total. The number of alkyl halides is 9. The van der Waals surface area contributed by atoms with E-state index in [2.05, 4.69) is 6.58 Å². The Kier molecular flexibility index (Phi) is 5.06. The lowest BCUT2D eigenvalue weighted by molar-refractivity contribution is -0.143. The predicted octanol–water partition coefficient (Wildman–Crippen LogP) is 5.78. The van der Waals surface area contributed by atoms with Crippen molar-refractivity contribution in [2.24, 2.45) is 0 Å². The van der Waals surface area contributed by atoms with E-state index >= 15 is 0 Å². The van der Waals surface area contributed by atoms with Crippen LogP contribution in [0.25, 0.3) is 0 Å². The highest BCUT2D eigenvalue weighted by Gasteiger charge is 2.49. The first-order chi connectivity index (χ1) is 12.1. The molecule has 0 saturated carbocycles. The van der Waals surface area contributed by atoms with E-state index in [1.807, 2.05) is 0 Å². The summed E-state index contributed by atoms with van der Waals surface area (Å²) in [6, 6.07) is -0.621. The van der Waals surface area contributed by atoms with Crippen LogP contribution in [0.1, 0.15) is 18.1 Å². The molecule has 1 unspecified atom stereocenters. The third-order valence-electron chi connectivity index (χ3n) is 4.12. The van der Waals surface area contributed by atoms with E-state index in [1.54, 1.807) is 0 Å². The van der Waals surface area contributed by atoms with Gasteiger partial charge in [0.05, 0.1) is 22.9 Å². The van der Waals surface area contributed by atoms with Crippen molar-refractivity contribution < 1.29 is 39.5 Å². The van der Waals surface area contributed by atoms with Gasteiger partial charge in [-0.05, 0) is 25.1 Å². The van der Waals surface area contributed by atoms with Crippen LogP contribution in [-0.2, 0) is 12.4 Å². The topological polar surface area (TPSA) is 6.48 Å². The van der Waals surface area contributed by atoms with Gasteiger partial charge in [0.1, 0.15) is 5.70 Å². The smallest absolute Gasteiger partial charge is 0.269 e. The summed E-state index contributed by atoms with van der Waals surface area (Å²) in [6.45, 7) is 4.58.